The van der Waals surface area contributed by atoms with Gasteiger partial charge in [0.25, 0.3) is 0 Å². The zero-order valence-electron chi connectivity index (χ0n) is 11.2. The van der Waals surface area contributed by atoms with E-state index in [0.717, 1.165) is 12.6 Å². The SMILES string of the molecule is CCCCN.CCOc1ccc([O-])cc1C(=O)O.Cl. The molecule has 0 aliphatic carbocycles. The first-order valence-electron chi connectivity index (χ1n) is 5.94. The summed E-state index contributed by atoms with van der Waals surface area (Å²) in [6.45, 7) is 5.10. The maximum atomic E-state index is 10.8. The summed E-state index contributed by atoms with van der Waals surface area (Å²) in [5.74, 6) is -1.25. The molecule has 5 nitrogen and oxygen atoms in total. The Hall–Kier alpha value is -1.46. The maximum Gasteiger partial charge on any atom is 0.339 e. The maximum absolute atomic E-state index is 10.8. The molecule has 1 aromatic carbocycles. The number of unbranched alkanes of at least 4 members (excludes halogenated alkanes) is 1. The molecular formula is C13H21ClNO4-. The summed E-state index contributed by atoms with van der Waals surface area (Å²) >= 11 is 0. The summed E-state index contributed by atoms with van der Waals surface area (Å²) in [6, 6.07) is 3.69. The van der Waals surface area contributed by atoms with Gasteiger partial charge < -0.3 is 20.7 Å². The van der Waals surface area contributed by atoms with Crippen LogP contribution in [0.2, 0.25) is 0 Å². The minimum Gasteiger partial charge on any atom is -0.872 e. The van der Waals surface area contributed by atoms with Crippen LogP contribution in [-0.4, -0.2) is 24.2 Å². The molecule has 0 bridgehead atoms. The number of halogens is 1. The highest BCUT2D eigenvalue weighted by Gasteiger charge is 2.09. The number of rotatable bonds is 5. The summed E-state index contributed by atoms with van der Waals surface area (Å²) < 4.78 is 5.03. The van der Waals surface area contributed by atoms with Crippen LogP contribution in [0.1, 0.15) is 37.0 Å². The summed E-state index contributed by atoms with van der Waals surface area (Å²) in [5, 5.41) is 19.5. The van der Waals surface area contributed by atoms with Gasteiger partial charge in [-0.25, -0.2) is 4.79 Å². The Kier molecular flexibility index (Phi) is 12.2. The topological polar surface area (TPSA) is 95.6 Å². The fraction of sp³-hybridized carbons (Fsp3) is 0.462. The van der Waals surface area contributed by atoms with Crippen molar-refractivity contribution in [1.82, 2.24) is 0 Å². The van der Waals surface area contributed by atoms with Crippen LogP contribution in [0.15, 0.2) is 18.2 Å². The number of carbonyl (C=O) groups is 1. The van der Waals surface area contributed by atoms with Crippen molar-refractivity contribution in [2.24, 2.45) is 5.73 Å². The van der Waals surface area contributed by atoms with E-state index in [1.807, 2.05) is 0 Å². The van der Waals surface area contributed by atoms with E-state index in [-0.39, 0.29) is 29.5 Å². The monoisotopic (exact) mass is 290 g/mol. The number of benzene rings is 1. The van der Waals surface area contributed by atoms with Crippen molar-refractivity contribution < 1.29 is 19.7 Å². The highest BCUT2D eigenvalue weighted by molar-refractivity contribution is 5.91. The lowest BCUT2D eigenvalue weighted by atomic mass is 10.2. The van der Waals surface area contributed by atoms with Crippen LogP contribution in [0.4, 0.5) is 0 Å². The molecule has 6 heteroatoms. The molecule has 0 aliphatic heterocycles. The van der Waals surface area contributed by atoms with Gasteiger partial charge in [0.15, 0.2) is 0 Å². The van der Waals surface area contributed by atoms with E-state index >= 15 is 0 Å². The Morgan fingerprint density at radius 1 is 1.42 bits per heavy atom. The van der Waals surface area contributed by atoms with Crippen LogP contribution in [0.25, 0.3) is 0 Å². The molecule has 3 N–H and O–H groups in total. The minimum atomic E-state index is -1.15. The summed E-state index contributed by atoms with van der Waals surface area (Å²) in [7, 11) is 0. The van der Waals surface area contributed by atoms with Crippen molar-refractivity contribution in [3.8, 4) is 11.5 Å². The Balaban J connectivity index is 0. The Morgan fingerprint density at radius 3 is 2.42 bits per heavy atom. The Labute approximate surface area is 119 Å². The number of nitrogens with two attached hydrogens (primary N) is 1. The number of ether oxygens (including phenoxy) is 1. The zero-order valence-corrected chi connectivity index (χ0v) is 12.0. The summed E-state index contributed by atoms with van der Waals surface area (Å²) in [5.41, 5.74) is 5.05. The second-order valence-corrected chi connectivity index (χ2v) is 3.54. The molecule has 0 atom stereocenters. The van der Waals surface area contributed by atoms with Gasteiger partial charge in [0.1, 0.15) is 11.3 Å². The van der Waals surface area contributed by atoms with Gasteiger partial charge in [-0.3, -0.25) is 0 Å². The van der Waals surface area contributed by atoms with E-state index in [9.17, 15) is 9.90 Å². The normalized spacial score (nSPS) is 8.79. The average Bonchev–Trinajstić information content (AvgIpc) is 2.33. The molecule has 110 valence electrons. The Morgan fingerprint density at radius 2 is 2.05 bits per heavy atom. The van der Waals surface area contributed by atoms with Gasteiger partial charge in [0, 0.05) is 0 Å². The first kappa shape index (κ1) is 19.9. The number of aromatic carboxylic acids is 1. The molecule has 0 radical (unpaired) electrons. The van der Waals surface area contributed by atoms with Gasteiger partial charge in [-0.2, -0.15) is 0 Å². The van der Waals surface area contributed by atoms with E-state index in [4.69, 9.17) is 15.6 Å². The van der Waals surface area contributed by atoms with Crippen molar-refractivity contribution in [3.63, 3.8) is 0 Å². The molecule has 0 saturated heterocycles. The van der Waals surface area contributed by atoms with Gasteiger partial charge in [-0.05, 0) is 26.0 Å². The zero-order chi connectivity index (χ0) is 14.0. The third-order valence-corrected chi connectivity index (χ3v) is 2.04. The molecule has 0 fully saturated rings. The lowest BCUT2D eigenvalue weighted by molar-refractivity contribution is -0.268. The number of carboxylic acid groups (broad SMARTS) is 1. The quantitative estimate of drug-likeness (QED) is 0.865. The third kappa shape index (κ3) is 8.29. The van der Waals surface area contributed by atoms with Crippen LogP contribution in [-0.2, 0) is 0 Å². The molecule has 1 aromatic rings. The molecule has 0 unspecified atom stereocenters. The first-order valence-corrected chi connectivity index (χ1v) is 5.94. The summed E-state index contributed by atoms with van der Waals surface area (Å²) in [6.07, 6.45) is 2.39. The minimum absolute atomic E-state index is 0. The van der Waals surface area contributed by atoms with Crippen molar-refractivity contribution in [2.75, 3.05) is 13.2 Å². The van der Waals surface area contributed by atoms with Crippen molar-refractivity contribution in [3.05, 3.63) is 23.8 Å². The molecule has 0 heterocycles. The molecule has 0 aromatic heterocycles. The van der Waals surface area contributed by atoms with Gasteiger partial charge >= 0.3 is 5.97 Å². The highest BCUT2D eigenvalue weighted by atomic mass is 35.5. The molecule has 0 aliphatic rings. The number of hydrogen-bond acceptors (Lipinski definition) is 4. The lowest BCUT2D eigenvalue weighted by Gasteiger charge is -2.10. The van der Waals surface area contributed by atoms with Crippen LogP contribution in [0.5, 0.6) is 11.5 Å². The van der Waals surface area contributed by atoms with Crippen LogP contribution in [0, 0.1) is 0 Å². The number of hydrogen-bond donors (Lipinski definition) is 2. The third-order valence-electron chi connectivity index (χ3n) is 2.04. The Bertz CT molecular complexity index is 370. The van der Waals surface area contributed by atoms with E-state index in [0.29, 0.717) is 6.61 Å². The lowest BCUT2D eigenvalue weighted by Crippen LogP contribution is -2.04. The van der Waals surface area contributed by atoms with E-state index < -0.39 is 5.97 Å². The highest BCUT2D eigenvalue weighted by Crippen LogP contribution is 2.21. The van der Waals surface area contributed by atoms with Crippen LogP contribution >= 0.6 is 12.4 Å². The van der Waals surface area contributed by atoms with Gasteiger partial charge in [0.2, 0.25) is 0 Å². The van der Waals surface area contributed by atoms with Crippen LogP contribution < -0.4 is 15.6 Å². The second kappa shape index (κ2) is 11.6. The fourth-order valence-electron chi connectivity index (χ4n) is 1.16. The van der Waals surface area contributed by atoms with E-state index in [1.165, 1.54) is 25.0 Å². The molecule has 1 rings (SSSR count). The van der Waals surface area contributed by atoms with Gasteiger partial charge in [0.05, 0.1) is 6.61 Å². The largest absolute Gasteiger partial charge is 0.872 e. The van der Waals surface area contributed by atoms with Crippen molar-refractivity contribution in [2.45, 2.75) is 26.7 Å². The predicted molar refractivity (Wildman–Crippen MR) is 75.2 cm³/mol. The molecule has 19 heavy (non-hydrogen) atoms. The standard InChI is InChI=1S/C9H10O4.C4H11N.ClH/c1-2-13-8-4-3-6(10)5-7(8)9(11)12;1-2-3-4-5;/h3-5,10H,2H2,1H3,(H,11,12);2-5H2,1H3;1H/p-1. The van der Waals surface area contributed by atoms with E-state index in [2.05, 4.69) is 6.92 Å². The average molecular weight is 291 g/mol. The second-order valence-electron chi connectivity index (χ2n) is 3.54. The van der Waals surface area contributed by atoms with Gasteiger partial charge in [-0.15, -0.1) is 18.2 Å². The van der Waals surface area contributed by atoms with Crippen LogP contribution in [0.3, 0.4) is 0 Å². The van der Waals surface area contributed by atoms with Crippen molar-refractivity contribution in [1.29, 1.82) is 0 Å². The molecular weight excluding hydrogens is 270 g/mol. The fourth-order valence-corrected chi connectivity index (χ4v) is 1.16. The van der Waals surface area contributed by atoms with Gasteiger partial charge in [-0.1, -0.05) is 25.5 Å². The van der Waals surface area contributed by atoms with E-state index in [1.54, 1.807) is 6.92 Å². The smallest absolute Gasteiger partial charge is 0.339 e. The molecule has 0 amide bonds. The van der Waals surface area contributed by atoms with Crippen molar-refractivity contribution >= 4 is 18.4 Å². The predicted octanol–water partition coefficient (Wildman–Crippen LogP) is 2.02. The summed E-state index contributed by atoms with van der Waals surface area (Å²) in [4.78, 5) is 10.6. The number of carboxylic acids is 1. The first-order chi connectivity index (χ1) is 8.56. The molecule has 0 saturated carbocycles. The molecule has 0 spiro atoms.